The van der Waals surface area contributed by atoms with Crippen molar-refractivity contribution in [1.29, 1.82) is 0 Å². The van der Waals surface area contributed by atoms with E-state index in [4.69, 9.17) is 9.97 Å². The van der Waals surface area contributed by atoms with Crippen LogP contribution in [0.4, 0.5) is 0 Å². The molecule has 1 N–H and O–H groups in total. The Morgan fingerprint density at radius 1 is 0.625 bits per heavy atom. The molecule has 4 nitrogen and oxygen atoms in total. The molecule has 0 amide bonds. The van der Waals surface area contributed by atoms with Crippen LogP contribution in [0.25, 0.3) is 61.3 Å². The second kappa shape index (κ2) is 9.51. The van der Waals surface area contributed by atoms with Crippen LogP contribution in [0.5, 0.6) is 5.75 Å². The van der Waals surface area contributed by atoms with Crippen LogP contribution < -0.4 is 0 Å². The van der Waals surface area contributed by atoms with Gasteiger partial charge in [-0.05, 0) is 84.6 Å². The summed E-state index contributed by atoms with van der Waals surface area (Å²) in [4.78, 5) is 9.86. The minimum absolute atomic E-state index is 0.270. The summed E-state index contributed by atoms with van der Waals surface area (Å²) in [5.41, 5.74) is 10.6. The fourth-order valence-electron chi connectivity index (χ4n) is 5.61. The number of phenols is 1. The number of aromatic nitrogens is 3. The number of benzene rings is 4. The van der Waals surface area contributed by atoms with E-state index in [9.17, 15) is 5.11 Å². The topological polar surface area (TPSA) is 50.9 Å². The summed E-state index contributed by atoms with van der Waals surface area (Å²) in [6.45, 7) is 3.96. The summed E-state index contributed by atoms with van der Waals surface area (Å²) in [7, 11) is 0. The lowest BCUT2D eigenvalue weighted by atomic mass is 10.0. The number of pyridine rings is 2. The summed E-state index contributed by atoms with van der Waals surface area (Å²) in [6.07, 6.45) is 1.87. The van der Waals surface area contributed by atoms with Gasteiger partial charge in [0.1, 0.15) is 11.4 Å². The van der Waals surface area contributed by atoms with Crippen LogP contribution in [0, 0.1) is 13.8 Å². The van der Waals surface area contributed by atoms with Crippen LogP contribution in [0.1, 0.15) is 11.1 Å². The smallest absolute Gasteiger partial charge is 0.146 e. The molecule has 0 saturated carbocycles. The molecule has 0 aliphatic rings. The Morgan fingerprint density at radius 3 is 2.30 bits per heavy atom. The largest absolute Gasteiger partial charge is 0.507 e. The van der Waals surface area contributed by atoms with Gasteiger partial charge in [-0.2, -0.15) is 0 Å². The summed E-state index contributed by atoms with van der Waals surface area (Å²) < 4.78 is 2.21. The summed E-state index contributed by atoms with van der Waals surface area (Å²) in [6, 6.07) is 39.5. The highest BCUT2D eigenvalue weighted by atomic mass is 16.3. The number of aryl methyl sites for hydroxylation is 2. The van der Waals surface area contributed by atoms with Gasteiger partial charge in [0.15, 0.2) is 0 Å². The number of rotatable bonds is 4. The van der Waals surface area contributed by atoms with E-state index in [1.54, 1.807) is 0 Å². The Morgan fingerprint density at radius 2 is 1.43 bits per heavy atom. The predicted octanol–water partition coefficient (Wildman–Crippen LogP) is 8.90. The first-order valence-electron chi connectivity index (χ1n) is 13.4. The van der Waals surface area contributed by atoms with Crippen LogP contribution in [0.3, 0.4) is 0 Å². The van der Waals surface area contributed by atoms with Crippen molar-refractivity contribution in [3.8, 4) is 45.1 Å². The predicted molar refractivity (Wildman–Crippen MR) is 164 cm³/mol. The molecule has 3 aromatic heterocycles. The monoisotopic (exact) mass is 517 g/mol. The standard InChI is InChI=1S/C36H27N3O/c1-23-19-24(2)35(40)31(20-23)32-16-15-30-29-13-6-7-14-34(29)39(36(30)38-32)28-12-8-11-27(21-28)33-22-26(17-18-37-33)25-9-4-3-5-10-25/h3-22,40H,1-2H3. The Bertz CT molecular complexity index is 2040. The van der Waals surface area contributed by atoms with Gasteiger partial charge in [0.2, 0.25) is 0 Å². The van der Waals surface area contributed by atoms with Crippen LogP contribution in [0.15, 0.2) is 121 Å². The lowest BCUT2D eigenvalue weighted by Crippen LogP contribution is -1.97. The molecular formula is C36H27N3O. The van der Waals surface area contributed by atoms with Crippen LogP contribution in [-0.2, 0) is 0 Å². The molecular weight excluding hydrogens is 490 g/mol. The fourth-order valence-corrected chi connectivity index (χ4v) is 5.61. The minimum Gasteiger partial charge on any atom is -0.507 e. The minimum atomic E-state index is 0.270. The number of nitrogens with zero attached hydrogens (tertiary/aromatic N) is 3. The Labute approximate surface area is 232 Å². The number of hydrogen-bond donors (Lipinski definition) is 1. The van der Waals surface area contributed by atoms with E-state index in [-0.39, 0.29) is 5.75 Å². The van der Waals surface area contributed by atoms with E-state index in [0.29, 0.717) is 0 Å². The average molecular weight is 518 g/mol. The zero-order chi connectivity index (χ0) is 27.2. The van der Waals surface area contributed by atoms with Gasteiger partial charge in [-0.25, -0.2) is 4.98 Å². The zero-order valence-corrected chi connectivity index (χ0v) is 22.3. The van der Waals surface area contributed by atoms with Crippen LogP contribution in [0.2, 0.25) is 0 Å². The van der Waals surface area contributed by atoms with Gasteiger partial charge in [-0.1, -0.05) is 66.7 Å². The third-order valence-corrected chi connectivity index (χ3v) is 7.51. The van der Waals surface area contributed by atoms with Crippen molar-refractivity contribution in [3.05, 3.63) is 133 Å². The highest BCUT2D eigenvalue weighted by Gasteiger charge is 2.17. The van der Waals surface area contributed by atoms with Crippen molar-refractivity contribution in [2.75, 3.05) is 0 Å². The van der Waals surface area contributed by atoms with Crippen LogP contribution in [-0.4, -0.2) is 19.6 Å². The first-order chi connectivity index (χ1) is 19.6. The number of fused-ring (bicyclic) bond motifs is 3. The molecule has 4 heteroatoms. The molecule has 192 valence electrons. The molecule has 0 aliphatic heterocycles. The van der Waals surface area contributed by atoms with Crippen molar-refractivity contribution in [2.24, 2.45) is 0 Å². The lowest BCUT2D eigenvalue weighted by Gasteiger charge is -2.12. The van der Waals surface area contributed by atoms with E-state index in [1.165, 1.54) is 0 Å². The van der Waals surface area contributed by atoms with E-state index in [2.05, 4.69) is 89.5 Å². The molecule has 0 saturated heterocycles. The average Bonchev–Trinajstić information content (AvgIpc) is 3.33. The van der Waals surface area contributed by atoms with Crippen molar-refractivity contribution >= 4 is 21.9 Å². The van der Waals surface area contributed by atoms with Gasteiger partial charge in [-0.15, -0.1) is 0 Å². The summed E-state index contributed by atoms with van der Waals surface area (Å²) in [5, 5.41) is 13.1. The van der Waals surface area contributed by atoms with Gasteiger partial charge in [0.25, 0.3) is 0 Å². The molecule has 0 unspecified atom stereocenters. The number of hydrogen-bond acceptors (Lipinski definition) is 3. The van der Waals surface area contributed by atoms with E-state index in [0.717, 1.165) is 72.4 Å². The molecule has 0 radical (unpaired) electrons. The van der Waals surface area contributed by atoms with Gasteiger partial charge >= 0.3 is 0 Å². The molecule has 0 fully saturated rings. The fraction of sp³-hybridized carbons (Fsp3) is 0.0556. The van der Waals surface area contributed by atoms with Crippen molar-refractivity contribution in [3.63, 3.8) is 0 Å². The molecule has 0 bridgehead atoms. The Balaban J connectivity index is 1.42. The number of phenolic OH excluding ortho intramolecular Hbond substituents is 1. The summed E-state index contributed by atoms with van der Waals surface area (Å²) >= 11 is 0. The van der Waals surface area contributed by atoms with Gasteiger partial charge in [0.05, 0.1) is 16.9 Å². The van der Waals surface area contributed by atoms with Crippen molar-refractivity contribution < 1.29 is 5.11 Å². The van der Waals surface area contributed by atoms with E-state index in [1.807, 2.05) is 50.4 Å². The van der Waals surface area contributed by atoms with Gasteiger partial charge in [0, 0.05) is 33.8 Å². The quantitative estimate of drug-likeness (QED) is 0.254. The molecule has 7 aromatic rings. The third-order valence-electron chi connectivity index (χ3n) is 7.51. The maximum atomic E-state index is 10.9. The second-order valence-corrected chi connectivity index (χ2v) is 10.2. The van der Waals surface area contributed by atoms with Crippen molar-refractivity contribution in [2.45, 2.75) is 13.8 Å². The zero-order valence-electron chi connectivity index (χ0n) is 22.3. The highest BCUT2D eigenvalue weighted by molar-refractivity contribution is 6.08. The number of para-hydroxylation sites is 1. The summed E-state index contributed by atoms with van der Waals surface area (Å²) in [5.74, 6) is 0.270. The van der Waals surface area contributed by atoms with Gasteiger partial charge < -0.3 is 5.11 Å². The molecule has 0 aliphatic carbocycles. The maximum absolute atomic E-state index is 10.9. The van der Waals surface area contributed by atoms with Crippen molar-refractivity contribution in [1.82, 2.24) is 14.5 Å². The number of aromatic hydroxyl groups is 1. The van der Waals surface area contributed by atoms with E-state index < -0.39 is 0 Å². The SMILES string of the molecule is Cc1cc(C)c(O)c(-c2ccc3c4ccccc4n(-c4cccc(-c5cc(-c6ccccc6)ccn5)c4)c3n2)c1. The molecule has 7 rings (SSSR count). The molecule has 3 heterocycles. The second-order valence-electron chi connectivity index (χ2n) is 10.2. The first-order valence-corrected chi connectivity index (χ1v) is 13.4. The van der Waals surface area contributed by atoms with Crippen LogP contribution >= 0.6 is 0 Å². The molecule has 4 aromatic carbocycles. The van der Waals surface area contributed by atoms with E-state index >= 15 is 0 Å². The first kappa shape index (κ1) is 23.9. The molecule has 0 spiro atoms. The maximum Gasteiger partial charge on any atom is 0.146 e. The Hall–Kier alpha value is -5.22. The molecule has 0 atom stereocenters. The third kappa shape index (κ3) is 4.02. The highest BCUT2D eigenvalue weighted by Crippen LogP contribution is 2.37. The normalized spacial score (nSPS) is 11.3. The van der Waals surface area contributed by atoms with Gasteiger partial charge in [-0.3, -0.25) is 9.55 Å². The lowest BCUT2D eigenvalue weighted by molar-refractivity contribution is 0.473. The molecule has 40 heavy (non-hydrogen) atoms. The Kier molecular flexibility index (Phi) is 5.67.